The van der Waals surface area contributed by atoms with Crippen LogP contribution in [0.4, 0.5) is 0 Å². The number of nitrogens with one attached hydrogen (secondary N) is 1. The molecule has 2 N–H and O–H groups in total. The van der Waals surface area contributed by atoms with E-state index >= 15 is 0 Å². The fraction of sp³-hybridized carbons (Fsp3) is 0.438. The van der Waals surface area contributed by atoms with Crippen LogP contribution in [-0.2, 0) is 18.3 Å². The van der Waals surface area contributed by atoms with E-state index in [1.807, 2.05) is 31.4 Å². The molecule has 2 aromatic rings. The van der Waals surface area contributed by atoms with Gasteiger partial charge in [0.15, 0.2) is 0 Å². The number of nitrogens with zero attached hydrogens (tertiary/aromatic N) is 3. The summed E-state index contributed by atoms with van der Waals surface area (Å²) in [4.78, 5) is 16.5. The molecule has 116 valence electrons. The van der Waals surface area contributed by atoms with E-state index in [1.54, 1.807) is 17.1 Å². The van der Waals surface area contributed by atoms with Crippen molar-refractivity contribution < 1.29 is 9.90 Å². The third kappa shape index (κ3) is 3.33. The van der Waals surface area contributed by atoms with Crippen molar-refractivity contribution in [3.8, 4) is 0 Å². The Labute approximate surface area is 129 Å². The smallest absolute Gasteiger partial charge is 0.226 e. The summed E-state index contributed by atoms with van der Waals surface area (Å²) in [6, 6.07) is 5.44. The third-order valence-electron chi connectivity index (χ3n) is 4.09. The lowest BCUT2D eigenvalue weighted by Crippen LogP contribution is -2.41. The molecule has 22 heavy (non-hydrogen) atoms. The van der Waals surface area contributed by atoms with Crippen molar-refractivity contribution in [2.75, 3.05) is 0 Å². The minimum Gasteiger partial charge on any atom is -0.393 e. The fourth-order valence-electron chi connectivity index (χ4n) is 2.87. The van der Waals surface area contributed by atoms with Gasteiger partial charge in [0.2, 0.25) is 5.91 Å². The van der Waals surface area contributed by atoms with Gasteiger partial charge in [-0.15, -0.1) is 0 Å². The van der Waals surface area contributed by atoms with E-state index in [2.05, 4.69) is 15.4 Å². The molecule has 2 heterocycles. The van der Waals surface area contributed by atoms with Crippen LogP contribution in [-0.4, -0.2) is 31.9 Å². The highest BCUT2D eigenvalue weighted by Gasteiger charge is 2.36. The molecule has 0 aliphatic heterocycles. The number of aliphatic hydroxyl groups is 1. The van der Waals surface area contributed by atoms with E-state index < -0.39 is 0 Å². The number of aliphatic hydroxyl groups excluding tert-OH is 1. The normalized spacial score (nSPS) is 21.9. The van der Waals surface area contributed by atoms with Gasteiger partial charge in [0, 0.05) is 30.7 Å². The van der Waals surface area contributed by atoms with Crippen LogP contribution < -0.4 is 5.32 Å². The molecule has 1 saturated carbocycles. The number of carbonyl (C=O) groups is 1. The highest BCUT2D eigenvalue weighted by atomic mass is 16.3. The van der Waals surface area contributed by atoms with Gasteiger partial charge in [0.1, 0.15) is 0 Å². The largest absolute Gasteiger partial charge is 0.393 e. The van der Waals surface area contributed by atoms with Crippen molar-refractivity contribution in [3.63, 3.8) is 0 Å². The van der Waals surface area contributed by atoms with Crippen molar-refractivity contribution in [3.05, 3.63) is 48.0 Å². The number of hydrogen-bond donors (Lipinski definition) is 2. The second-order valence-electron chi connectivity index (χ2n) is 5.88. The van der Waals surface area contributed by atoms with E-state index in [1.165, 1.54) is 0 Å². The first-order chi connectivity index (χ1) is 10.6. The number of aromatic nitrogens is 3. The minimum atomic E-state index is -0.253. The van der Waals surface area contributed by atoms with Gasteiger partial charge in [-0.2, -0.15) is 5.10 Å². The van der Waals surface area contributed by atoms with Gasteiger partial charge in [-0.1, -0.05) is 6.07 Å². The molecular weight excluding hydrogens is 280 g/mol. The maximum Gasteiger partial charge on any atom is 0.226 e. The Bertz CT molecular complexity index is 635. The van der Waals surface area contributed by atoms with Crippen LogP contribution in [0.3, 0.4) is 0 Å². The average Bonchev–Trinajstić information content (AvgIpc) is 2.89. The van der Waals surface area contributed by atoms with Crippen LogP contribution in [0.1, 0.15) is 30.1 Å². The molecule has 0 unspecified atom stereocenters. The van der Waals surface area contributed by atoms with Crippen molar-refractivity contribution in [1.82, 2.24) is 20.1 Å². The zero-order chi connectivity index (χ0) is 15.5. The average molecular weight is 300 g/mol. The second-order valence-corrected chi connectivity index (χ2v) is 5.88. The molecular formula is C16H20N4O2. The SMILES string of the molecule is Cn1cc([C@H](NC(=O)Cc2ccccn2)C2CC(O)C2)cn1. The number of rotatable bonds is 5. The van der Waals surface area contributed by atoms with Gasteiger partial charge >= 0.3 is 0 Å². The predicted octanol–water partition coefficient (Wildman–Crippen LogP) is 0.986. The summed E-state index contributed by atoms with van der Waals surface area (Å²) < 4.78 is 1.72. The predicted molar refractivity (Wildman–Crippen MR) is 80.8 cm³/mol. The molecule has 3 rings (SSSR count). The Hall–Kier alpha value is -2.21. The van der Waals surface area contributed by atoms with Gasteiger partial charge in [-0.25, -0.2) is 0 Å². The molecule has 0 spiro atoms. The Balaban J connectivity index is 1.68. The molecule has 0 bridgehead atoms. The lowest BCUT2D eigenvalue weighted by molar-refractivity contribution is -0.122. The highest BCUT2D eigenvalue weighted by molar-refractivity contribution is 5.78. The lowest BCUT2D eigenvalue weighted by Gasteiger charge is -2.37. The first-order valence-electron chi connectivity index (χ1n) is 7.47. The molecule has 6 heteroatoms. The fourth-order valence-corrected chi connectivity index (χ4v) is 2.87. The Morgan fingerprint density at radius 3 is 2.91 bits per heavy atom. The monoisotopic (exact) mass is 300 g/mol. The number of carbonyl (C=O) groups excluding carboxylic acids is 1. The van der Waals surface area contributed by atoms with E-state index in [9.17, 15) is 9.90 Å². The lowest BCUT2D eigenvalue weighted by atomic mass is 9.75. The molecule has 1 atom stereocenters. The Morgan fingerprint density at radius 2 is 2.32 bits per heavy atom. The maximum atomic E-state index is 12.3. The number of pyridine rings is 1. The first kappa shape index (κ1) is 14.7. The van der Waals surface area contributed by atoms with Crippen LogP contribution in [0.25, 0.3) is 0 Å². The molecule has 0 aromatic carbocycles. The Morgan fingerprint density at radius 1 is 1.50 bits per heavy atom. The molecule has 0 radical (unpaired) electrons. The van der Waals surface area contributed by atoms with Crippen molar-refractivity contribution >= 4 is 5.91 Å². The third-order valence-corrected chi connectivity index (χ3v) is 4.09. The van der Waals surface area contributed by atoms with Crippen LogP contribution >= 0.6 is 0 Å². The molecule has 6 nitrogen and oxygen atoms in total. The standard InChI is InChI=1S/C16H20N4O2/c1-20-10-12(9-18-20)16(11-6-14(21)7-11)19-15(22)8-13-4-2-3-5-17-13/h2-5,9-11,14,16,21H,6-8H2,1H3,(H,19,22)/t11?,14?,16-/m1/s1. The van der Waals surface area contributed by atoms with Crippen LogP contribution in [0.5, 0.6) is 0 Å². The summed E-state index contributed by atoms with van der Waals surface area (Å²) in [5, 5.41) is 16.8. The summed E-state index contributed by atoms with van der Waals surface area (Å²) in [7, 11) is 1.85. The van der Waals surface area contributed by atoms with E-state index in [0.29, 0.717) is 12.8 Å². The molecule has 2 aromatic heterocycles. The zero-order valence-electron chi connectivity index (χ0n) is 12.5. The van der Waals surface area contributed by atoms with Gasteiger partial charge in [-0.3, -0.25) is 14.5 Å². The van der Waals surface area contributed by atoms with Crippen molar-refractivity contribution in [2.24, 2.45) is 13.0 Å². The summed E-state index contributed by atoms with van der Waals surface area (Å²) in [6.45, 7) is 0. The first-order valence-corrected chi connectivity index (χ1v) is 7.47. The van der Waals surface area contributed by atoms with E-state index in [4.69, 9.17) is 0 Å². The minimum absolute atomic E-state index is 0.0612. The van der Waals surface area contributed by atoms with Crippen molar-refractivity contribution in [2.45, 2.75) is 31.4 Å². The van der Waals surface area contributed by atoms with Gasteiger partial charge < -0.3 is 10.4 Å². The van der Waals surface area contributed by atoms with Crippen LogP contribution in [0, 0.1) is 5.92 Å². The quantitative estimate of drug-likeness (QED) is 0.863. The maximum absolute atomic E-state index is 12.3. The molecule has 1 fully saturated rings. The summed E-state index contributed by atoms with van der Waals surface area (Å²) in [6.07, 6.45) is 6.80. The van der Waals surface area contributed by atoms with E-state index in [0.717, 1.165) is 11.3 Å². The molecule has 1 amide bonds. The van der Waals surface area contributed by atoms with Gasteiger partial charge in [0.05, 0.1) is 24.8 Å². The number of hydrogen-bond acceptors (Lipinski definition) is 4. The molecule has 1 aliphatic rings. The topological polar surface area (TPSA) is 80.0 Å². The molecule has 1 aliphatic carbocycles. The summed E-state index contributed by atoms with van der Waals surface area (Å²) in [5.74, 6) is 0.195. The number of amides is 1. The highest BCUT2D eigenvalue weighted by Crippen LogP contribution is 2.37. The van der Waals surface area contributed by atoms with Crippen LogP contribution in [0.2, 0.25) is 0 Å². The summed E-state index contributed by atoms with van der Waals surface area (Å²) >= 11 is 0. The number of aryl methyl sites for hydroxylation is 1. The van der Waals surface area contributed by atoms with Gasteiger partial charge in [-0.05, 0) is 30.9 Å². The Kier molecular flexibility index (Phi) is 4.20. The zero-order valence-corrected chi connectivity index (χ0v) is 12.5. The summed E-state index contributed by atoms with van der Waals surface area (Å²) in [5.41, 5.74) is 1.73. The van der Waals surface area contributed by atoms with E-state index in [-0.39, 0.29) is 30.4 Å². The second kappa shape index (κ2) is 6.27. The van der Waals surface area contributed by atoms with Gasteiger partial charge in [0.25, 0.3) is 0 Å². The van der Waals surface area contributed by atoms with Crippen LogP contribution in [0.15, 0.2) is 36.8 Å². The van der Waals surface area contributed by atoms with Crippen molar-refractivity contribution in [1.29, 1.82) is 0 Å². The molecule has 0 saturated heterocycles.